The summed E-state index contributed by atoms with van der Waals surface area (Å²) in [5.74, 6) is 1.30. The van der Waals surface area contributed by atoms with E-state index in [1.807, 2.05) is 24.4 Å². The van der Waals surface area contributed by atoms with Crippen LogP contribution < -0.4 is 0 Å². The van der Waals surface area contributed by atoms with Crippen molar-refractivity contribution in [3.63, 3.8) is 0 Å². The Labute approximate surface area is 183 Å². The minimum Gasteiger partial charge on any atom is -0.265 e. The summed E-state index contributed by atoms with van der Waals surface area (Å²) in [5, 5.41) is 11.4. The summed E-state index contributed by atoms with van der Waals surface area (Å²) >= 11 is 1.62. The number of pyridine rings is 1. The third-order valence-electron chi connectivity index (χ3n) is 5.77. The molecule has 31 heavy (non-hydrogen) atoms. The smallest absolute Gasteiger partial charge is 0.217 e. The fraction of sp³-hybridized carbons (Fsp3) is 0.115. The van der Waals surface area contributed by atoms with E-state index in [4.69, 9.17) is 4.98 Å². The van der Waals surface area contributed by atoms with E-state index >= 15 is 0 Å². The monoisotopic (exact) mass is 420 g/mol. The van der Waals surface area contributed by atoms with E-state index < -0.39 is 0 Å². The average Bonchev–Trinajstić information content (AvgIpc) is 3.38. The molecule has 0 saturated carbocycles. The van der Waals surface area contributed by atoms with Crippen molar-refractivity contribution in [3.8, 4) is 22.6 Å². The first-order valence-electron chi connectivity index (χ1n) is 10.4. The molecule has 0 aliphatic rings. The van der Waals surface area contributed by atoms with Gasteiger partial charge in [0.15, 0.2) is 5.82 Å². The molecule has 3 aromatic heterocycles. The maximum Gasteiger partial charge on any atom is 0.217 e. The molecule has 0 atom stereocenters. The first-order valence-corrected chi connectivity index (χ1v) is 11.2. The number of benzene rings is 3. The minimum atomic E-state index is 0.434. The predicted octanol–water partition coefficient (Wildman–Crippen LogP) is 6.95. The number of hydrogen-bond donors (Lipinski definition) is 0. The van der Waals surface area contributed by atoms with Crippen LogP contribution in [0.3, 0.4) is 0 Å². The normalized spacial score (nSPS) is 11.8. The van der Waals surface area contributed by atoms with Crippen LogP contribution in [0.1, 0.15) is 25.3 Å². The van der Waals surface area contributed by atoms with Crippen molar-refractivity contribution < 1.29 is 0 Å². The van der Waals surface area contributed by atoms with E-state index in [1.165, 1.54) is 16.3 Å². The van der Waals surface area contributed by atoms with Gasteiger partial charge in [-0.3, -0.25) is 9.38 Å². The molecule has 0 radical (unpaired) electrons. The van der Waals surface area contributed by atoms with Gasteiger partial charge in [0.25, 0.3) is 0 Å². The molecule has 0 bridgehead atoms. The first kappa shape index (κ1) is 18.2. The lowest BCUT2D eigenvalue weighted by molar-refractivity contribution is 0.876. The van der Waals surface area contributed by atoms with Gasteiger partial charge in [0, 0.05) is 17.3 Å². The molecular weight excluding hydrogens is 400 g/mol. The Hall–Kier alpha value is -3.57. The molecule has 150 valence electrons. The van der Waals surface area contributed by atoms with Gasteiger partial charge in [0.2, 0.25) is 4.96 Å². The summed E-state index contributed by atoms with van der Waals surface area (Å²) in [6.45, 7) is 4.49. The average molecular weight is 421 g/mol. The highest BCUT2D eigenvalue weighted by atomic mass is 32.1. The second-order valence-corrected chi connectivity index (χ2v) is 9.10. The summed E-state index contributed by atoms with van der Waals surface area (Å²) < 4.78 is 3.25. The molecule has 0 spiro atoms. The number of fused-ring (bicyclic) bond motifs is 4. The number of aromatic nitrogens is 4. The first-order chi connectivity index (χ1) is 15.2. The third-order valence-corrected chi connectivity index (χ3v) is 6.75. The van der Waals surface area contributed by atoms with Crippen LogP contribution in [0.25, 0.3) is 48.6 Å². The van der Waals surface area contributed by atoms with Crippen molar-refractivity contribution in [2.45, 2.75) is 19.8 Å². The Balaban J connectivity index is 1.59. The van der Waals surface area contributed by atoms with Crippen molar-refractivity contribution in [2.24, 2.45) is 0 Å². The summed E-state index contributed by atoms with van der Waals surface area (Å²) in [5.41, 5.74) is 5.60. The van der Waals surface area contributed by atoms with Gasteiger partial charge in [0.1, 0.15) is 0 Å². The van der Waals surface area contributed by atoms with Crippen LogP contribution >= 0.6 is 11.3 Å². The predicted molar refractivity (Wildman–Crippen MR) is 129 cm³/mol. The van der Waals surface area contributed by atoms with Gasteiger partial charge in [-0.2, -0.15) is 0 Å². The molecule has 3 heterocycles. The van der Waals surface area contributed by atoms with E-state index in [-0.39, 0.29) is 0 Å². The Morgan fingerprint density at radius 2 is 1.65 bits per heavy atom. The highest BCUT2D eigenvalue weighted by molar-refractivity contribution is 7.23. The maximum atomic E-state index is 4.81. The molecule has 0 saturated heterocycles. The highest BCUT2D eigenvalue weighted by Crippen LogP contribution is 2.34. The van der Waals surface area contributed by atoms with Crippen molar-refractivity contribution >= 4 is 37.3 Å². The molecule has 5 heteroatoms. The quantitative estimate of drug-likeness (QED) is 0.311. The van der Waals surface area contributed by atoms with Crippen LogP contribution in [0.4, 0.5) is 0 Å². The van der Waals surface area contributed by atoms with Crippen LogP contribution in [0.5, 0.6) is 0 Å². The molecule has 6 rings (SSSR count). The SMILES string of the molecule is CC(C)c1cc(-c2cc3c(cn2)sc2nnc(-c4ccccc4)n23)cc2ccccc12. The zero-order valence-electron chi connectivity index (χ0n) is 17.3. The van der Waals surface area contributed by atoms with Gasteiger partial charge in [-0.15, -0.1) is 10.2 Å². The van der Waals surface area contributed by atoms with Crippen molar-refractivity contribution in [1.29, 1.82) is 0 Å². The van der Waals surface area contributed by atoms with Crippen molar-refractivity contribution in [3.05, 3.63) is 84.6 Å². The fourth-order valence-electron chi connectivity index (χ4n) is 4.24. The third kappa shape index (κ3) is 2.93. The lowest BCUT2D eigenvalue weighted by Gasteiger charge is -2.13. The van der Waals surface area contributed by atoms with Crippen LogP contribution in [0.2, 0.25) is 0 Å². The van der Waals surface area contributed by atoms with Crippen LogP contribution in [0, 0.1) is 0 Å². The molecule has 6 aromatic rings. The minimum absolute atomic E-state index is 0.434. The van der Waals surface area contributed by atoms with Gasteiger partial charge < -0.3 is 0 Å². The van der Waals surface area contributed by atoms with E-state index in [0.29, 0.717) is 5.92 Å². The topological polar surface area (TPSA) is 43.1 Å². The molecule has 4 nitrogen and oxygen atoms in total. The van der Waals surface area contributed by atoms with E-state index in [0.717, 1.165) is 37.8 Å². The Bertz CT molecular complexity index is 1560. The number of nitrogens with zero attached hydrogens (tertiary/aromatic N) is 4. The summed E-state index contributed by atoms with van der Waals surface area (Å²) in [6.07, 6.45) is 1.96. The van der Waals surface area contributed by atoms with Gasteiger partial charge in [-0.25, -0.2) is 0 Å². The zero-order chi connectivity index (χ0) is 20.9. The Kier molecular flexibility index (Phi) is 4.11. The zero-order valence-corrected chi connectivity index (χ0v) is 18.1. The molecule has 0 aliphatic heterocycles. The molecule has 0 amide bonds. The van der Waals surface area contributed by atoms with Crippen LogP contribution in [0.15, 0.2) is 79.0 Å². The van der Waals surface area contributed by atoms with Crippen LogP contribution in [-0.2, 0) is 0 Å². The lowest BCUT2D eigenvalue weighted by Crippen LogP contribution is -1.93. The van der Waals surface area contributed by atoms with Gasteiger partial charge in [-0.1, -0.05) is 79.8 Å². The molecule has 0 aliphatic carbocycles. The van der Waals surface area contributed by atoms with E-state index in [9.17, 15) is 0 Å². The molecular formula is C26H20N4S. The van der Waals surface area contributed by atoms with E-state index in [2.05, 4.69) is 83.0 Å². The standard InChI is InChI=1S/C26H20N4S/c1-16(2)21-13-19(12-18-10-6-7-11-20(18)21)22-14-23-24(15-27-22)31-26-29-28-25(30(23)26)17-8-4-3-5-9-17/h3-16H,1-2H3. The van der Waals surface area contributed by atoms with Gasteiger partial charge >= 0.3 is 0 Å². The maximum absolute atomic E-state index is 4.81. The second kappa shape index (κ2) is 7.00. The van der Waals surface area contributed by atoms with E-state index in [1.54, 1.807) is 11.3 Å². The van der Waals surface area contributed by atoms with Gasteiger partial charge in [-0.05, 0) is 40.5 Å². The van der Waals surface area contributed by atoms with Gasteiger partial charge in [0.05, 0.1) is 15.9 Å². The largest absolute Gasteiger partial charge is 0.265 e. The highest BCUT2D eigenvalue weighted by Gasteiger charge is 2.16. The summed E-state index contributed by atoms with van der Waals surface area (Å²) in [6, 6.07) is 25.5. The number of hydrogen-bond acceptors (Lipinski definition) is 4. The Morgan fingerprint density at radius 3 is 2.48 bits per heavy atom. The molecule has 3 aromatic carbocycles. The van der Waals surface area contributed by atoms with Crippen molar-refractivity contribution in [2.75, 3.05) is 0 Å². The molecule has 0 unspecified atom stereocenters. The lowest BCUT2D eigenvalue weighted by atomic mass is 9.92. The van der Waals surface area contributed by atoms with Crippen molar-refractivity contribution in [1.82, 2.24) is 19.6 Å². The van der Waals surface area contributed by atoms with Crippen LogP contribution in [-0.4, -0.2) is 19.6 Å². The molecule has 0 N–H and O–H groups in total. The summed E-state index contributed by atoms with van der Waals surface area (Å²) in [4.78, 5) is 5.69. The summed E-state index contributed by atoms with van der Waals surface area (Å²) in [7, 11) is 0. The Morgan fingerprint density at radius 1 is 0.839 bits per heavy atom. The second-order valence-electron chi connectivity index (χ2n) is 8.09. The fourth-order valence-corrected chi connectivity index (χ4v) is 5.15. The molecule has 0 fully saturated rings. The number of thiazole rings is 1. The number of rotatable bonds is 3.